The van der Waals surface area contributed by atoms with Gasteiger partial charge in [-0.15, -0.1) is 0 Å². The molecule has 0 atom stereocenters. The predicted molar refractivity (Wildman–Crippen MR) is 66.8 cm³/mol. The summed E-state index contributed by atoms with van der Waals surface area (Å²) in [5.41, 5.74) is 6.81. The lowest BCUT2D eigenvalue weighted by Gasteiger charge is -2.12. The van der Waals surface area contributed by atoms with Gasteiger partial charge in [0.15, 0.2) is 17.3 Å². The van der Waals surface area contributed by atoms with Gasteiger partial charge in [0.05, 0.1) is 5.69 Å². The van der Waals surface area contributed by atoms with Crippen molar-refractivity contribution in [2.75, 3.05) is 18.1 Å². The van der Waals surface area contributed by atoms with Crippen molar-refractivity contribution < 1.29 is 13.5 Å². The molecule has 0 saturated heterocycles. The lowest BCUT2D eigenvalue weighted by molar-refractivity contribution is 0.439. The van der Waals surface area contributed by atoms with E-state index in [1.54, 1.807) is 25.2 Å². The summed E-state index contributed by atoms with van der Waals surface area (Å²) < 4.78 is 31.6. The average molecular weight is 250 g/mol. The molecule has 0 fully saturated rings. The molecule has 0 aromatic heterocycles. The van der Waals surface area contributed by atoms with Crippen LogP contribution in [0.2, 0.25) is 0 Å². The van der Waals surface area contributed by atoms with Crippen LogP contribution >= 0.6 is 0 Å². The van der Waals surface area contributed by atoms with E-state index in [-0.39, 0.29) is 5.75 Å². The Bertz CT molecular complexity index is 573. The topological polar surface area (TPSA) is 47.3 Å². The minimum atomic E-state index is -0.756. The van der Waals surface area contributed by atoms with Gasteiger partial charge in [-0.2, -0.15) is 0 Å². The number of rotatable bonds is 3. The van der Waals surface area contributed by atoms with E-state index in [0.29, 0.717) is 17.1 Å². The van der Waals surface area contributed by atoms with Crippen LogP contribution in [0.3, 0.4) is 0 Å². The van der Waals surface area contributed by atoms with Crippen molar-refractivity contribution in [3.8, 4) is 11.5 Å². The van der Waals surface area contributed by atoms with Crippen LogP contribution in [0.15, 0.2) is 36.4 Å². The number of nitrogen functional groups attached to an aromatic ring is 1. The van der Waals surface area contributed by atoms with Gasteiger partial charge in [-0.1, -0.05) is 0 Å². The van der Waals surface area contributed by atoms with Crippen LogP contribution in [0.1, 0.15) is 0 Å². The van der Waals surface area contributed by atoms with Crippen LogP contribution in [-0.2, 0) is 0 Å². The van der Waals surface area contributed by atoms with E-state index in [1.165, 1.54) is 6.07 Å². The van der Waals surface area contributed by atoms with Crippen LogP contribution in [0, 0.1) is 11.6 Å². The summed E-state index contributed by atoms with van der Waals surface area (Å²) in [4.78, 5) is 0. The third-order valence-corrected chi connectivity index (χ3v) is 2.39. The molecule has 0 spiro atoms. The SMILES string of the molecule is CNc1cc(N)ccc1Oc1ccc(F)cc1F. The van der Waals surface area contributed by atoms with E-state index in [1.807, 2.05) is 0 Å². The number of ether oxygens (including phenoxy) is 1. The second-order valence-corrected chi connectivity index (χ2v) is 3.68. The maximum atomic E-state index is 13.4. The molecule has 3 N–H and O–H groups in total. The summed E-state index contributed by atoms with van der Waals surface area (Å²) in [6, 6.07) is 8.05. The van der Waals surface area contributed by atoms with Gasteiger partial charge >= 0.3 is 0 Å². The highest BCUT2D eigenvalue weighted by molar-refractivity contribution is 5.64. The largest absolute Gasteiger partial charge is 0.452 e. The molecule has 0 bridgehead atoms. The Hall–Kier alpha value is -2.30. The highest BCUT2D eigenvalue weighted by Gasteiger charge is 2.09. The Morgan fingerprint density at radius 2 is 1.78 bits per heavy atom. The van der Waals surface area contributed by atoms with Gasteiger partial charge in [-0.25, -0.2) is 8.78 Å². The first-order chi connectivity index (χ1) is 8.60. The highest BCUT2D eigenvalue weighted by Crippen LogP contribution is 2.32. The quantitative estimate of drug-likeness (QED) is 0.821. The van der Waals surface area contributed by atoms with Crippen LogP contribution < -0.4 is 15.8 Å². The van der Waals surface area contributed by atoms with Crippen LogP contribution in [0.25, 0.3) is 0 Å². The molecule has 94 valence electrons. The van der Waals surface area contributed by atoms with Gasteiger partial charge in [0.2, 0.25) is 0 Å². The third-order valence-electron chi connectivity index (χ3n) is 2.39. The summed E-state index contributed by atoms with van der Waals surface area (Å²) in [5.74, 6) is -1.03. The molecule has 0 heterocycles. The fourth-order valence-corrected chi connectivity index (χ4v) is 1.51. The van der Waals surface area contributed by atoms with Gasteiger partial charge < -0.3 is 15.8 Å². The number of halogens is 2. The monoisotopic (exact) mass is 250 g/mol. The summed E-state index contributed by atoms with van der Waals surface area (Å²) in [5, 5.41) is 2.89. The van der Waals surface area contributed by atoms with Crippen LogP contribution in [-0.4, -0.2) is 7.05 Å². The zero-order valence-corrected chi connectivity index (χ0v) is 9.71. The molecule has 5 heteroatoms. The molecule has 2 rings (SSSR count). The maximum absolute atomic E-state index is 13.4. The van der Waals surface area contributed by atoms with Gasteiger partial charge in [0.25, 0.3) is 0 Å². The smallest absolute Gasteiger partial charge is 0.168 e. The fourth-order valence-electron chi connectivity index (χ4n) is 1.51. The predicted octanol–water partition coefficient (Wildman–Crippen LogP) is 3.38. The Morgan fingerprint density at radius 3 is 2.44 bits per heavy atom. The Kier molecular flexibility index (Phi) is 3.32. The first-order valence-electron chi connectivity index (χ1n) is 5.30. The van der Waals surface area contributed by atoms with E-state index in [0.717, 1.165) is 12.1 Å². The van der Waals surface area contributed by atoms with E-state index >= 15 is 0 Å². The van der Waals surface area contributed by atoms with Crippen molar-refractivity contribution in [1.29, 1.82) is 0 Å². The molecule has 3 nitrogen and oxygen atoms in total. The zero-order valence-electron chi connectivity index (χ0n) is 9.71. The second kappa shape index (κ2) is 4.91. The molecule has 18 heavy (non-hydrogen) atoms. The zero-order chi connectivity index (χ0) is 13.1. The molecule has 2 aromatic carbocycles. The number of hydrogen-bond donors (Lipinski definition) is 2. The normalized spacial score (nSPS) is 10.2. The number of hydrogen-bond acceptors (Lipinski definition) is 3. The summed E-state index contributed by atoms with van der Waals surface area (Å²) in [7, 11) is 1.70. The van der Waals surface area contributed by atoms with Gasteiger partial charge in [-0.3, -0.25) is 0 Å². The average Bonchev–Trinajstić information content (AvgIpc) is 2.34. The number of anilines is 2. The third kappa shape index (κ3) is 2.51. The molecule has 0 saturated carbocycles. The van der Waals surface area contributed by atoms with Crippen molar-refractivity contribution in [3.63, 3.8) is 0 Å². The van der Waals surface area contributed by atoms with E-state index < -0.39 is 11.6 Å². The molecule has 0 aliphatic heterocycles. The fraction of sp³-hybridized carbons (Fsp3) is 0.0769. The molecule has 0 aliphatic rings. The molecular weight excluding hydrogens is 238 g/mol. The standard InChI is InChI=1S/C13H12F2N2O/c1-17-11-7-9(16)3-5-13(11)18-12-4-2-8(14)6-10(12)15/h2-7,17H,16H2,1H3. The Labute approximate surface area is 103 Å². The van der Waals surface area contributed by atoms with Crippen molar-refractivity contribution in [1.82, 2.24) is 0 Å². The lowest BCUT2D eigenvalue weighted by atomic mass is 10.2. The molecule has 0 unspecified atom stereocenters. The van der Waals surface area contributed by atoms with Crippen LogP contribution in [0.4, 0.5) is 20.2 Å². The number of nitrogens with two attached hydrogens (primary N) is 1. The van der Waals surface area contributed by atoms with Gasteiger partial charge in [0, 0.05) is 18.8 Å². The summed E-state index contributed by atoms with van der Waals surface area (Å²) in [6.07, 6.45) is 0. The van der Waals surface area contributed by atoms with Crippen molar-refractivity contribution in [2.24, 2.45) is 0 Å². The first kappa shape index (κ1) is 12.2. The van der Waals surface area contributed by atoms with Gasteiger partial charge in [0.1, 0.15) is 5.82 Å². The summed E-state index contributed by atoms with van der Waals surface area (Å²) in [6.45, 7) is 0. The molecule has 2 aromatic rings. The number of nitrogens with one attached hydrogen (secondary N) is 1. The highest BCUT2D eigenvalue weighted by atomic mass is 19.1. The van der Waals surface area contributed by atoms with E-state index in [2.05, 4.69) is 5.32 Å². The van der Waals surface area contributed by atoms with E-state index in [9.17, 15) is 8.78 Å². The minimum absolute atomic E-state index is 0.0438. The van der Waals surface area contributed by atoms with Crippen molar-refractivity contribution in [3.05, 3.63) is 48.0 Å². The van der Waals surface area contributed by atoms with E-state index in [4.69, 9.17) is 10.5 Å². The Morgan fingerprint density at radius 1 is 1.06 bits per heavy atom. The lowest BCUT2D eigenvalue weighted by Crippen LogP contribution is -1.96. The molecular formula is C13H12F2N2O. The summed E-state index contributed by atoms with van der Waals surface area (Å²) >= 11 is 0. The first-order valence-corrected chi connectivity index (χ1v) is 5.30. The van der Waals surface area contributed by atoms with Crippen LogP contribution in [0.5, 0.6) is 11.5 Å². The van der Waals surface area contributed by atoms with Gasteiger partial charge in [-0.05, 0) is 30.3 Å². The maximum Gasteiger partial charge on any atom is 0.168 e. The van der Waals surface area contributed by atoms with Crippen molar-refractivity contribution in [2.45, 2.75) is 0 Å². The minimum Gasteiger partial charge on any atom is -0.452 e. The molecule has 0 radical (unpaired) electrons. The second-order valence-electron chi connectivity index (χ2n) is 3.68. The Balaban J connectivity index is 2.33. The molecule has 0 aliphatic carbocycles. The molecule has 0 amide bonds. The number of benzene rings is 2. The van der Waals surface area contributed by atoms with Crippen molar-refractivity contribution >= 4 is 11.4 Å².